The Hall–Kier alpha value is -4.17. The molecule has 0 aliphatic carbocycles. The van der Waals surface area contributed by atoms with Crippen molar-refractivity contribution >= 4 is 40.2 Å². The quantitative estimate of drug-likeness (QED) is 0.318. The number of ether oxygens (including phenoxy) is 3. The molecule has 178 valence electrons. The Bertz CT molecular complexity index is 1330. The van der Waals surface area contributed by atoms with Gasteiger partial charge in [0.05, 0.1) is 24.3 Å². The molecular formula is C26H22ClN3O5. The highest BCUT2D eigenvalue weighted by atomic mass is 35.5. The van der Waals surface area contributed by atoms with Crippen LogP contribution in [0.3, 0.4) is 0 Å². The number of methoxy groups -OCH3 is 1. The molecule has 1 aromatic heterocycles. The number of nitrogens with zero attached hydrogens (tertiary/aromatic N) is 3. The summed E-state index contributed by atoms with van der Waals surface area (Å²) in [4.78, 5) is 35.0. The topological polar surface area (TPSA) is 90.9 Å². The van der Waals surface area contributed by atoms with Gasteiger partial charge in [-0.2, -0.15) is 0 Å². The molecule has 0 saturated carbocycles. The van der Waals surface area contributed by atoms with Crippen molar-refractivity contribution in [3.63, 3.8) is 0 Å². The first-order valence-corrected chi connectivity index (χ1v) is 11.1. The van der Waals surface area contributed by atoms with E-state index in [0.717, 1.165) is 0 Å². The predicted molar refractivity (Wildman–Crippen MR) is 132 cm³/mol. The van der Waals surface area contributed by atoms with Gasteiger partial charge >= 0.3 is 5.97 Å². The fourth-order valence-corrected chi connectivity index (χ4v) is 3.46. The molecule has 3 aromatic carbocycles. The number of aromatic nitrogens is 2. The van der Waals surface area contributed by atoms with Gasteiger partial charge in [-0.25, -0.2) is 9.97 Å². The standard InChI is InChI=1S/C26H22ClN3O5/c1-17(26(32)30(16-25(31)33-2)19-6-4-3-5-7-19)34-20-9-11-21(12-10-20)35-24-15-28-23-14-18(27)8-13-22(23)29-24/h3-15,17H,16H2,1-2H3. The Morgan fingerprint density at radius 2 is 1.69 bits per heavy atom. The zero-order valence-corrected chi connectivity index (χ0v) is 19.8. The number of rotatable bonds is 8. The summed E-state index contributed by atoms with van der Waals surface area (Å²) in [6.07, 6.45) is 0.660. The molecule has 8 nitrogen and oxygen atoms in total. The smallest absolute Gasteiger partial charge is 0.325 e. The molecule has 1 heterocycles. The lowest BCUT2D eigenvalue weighted by atomic mass is 10.2. The van der Waals surface area contributed by atoms with Crippen molar-refractivity contribution in [3.8, 4) is 17.4 Å². The van der Waals surface area contributed by atoms with E-state index in [4.69, 9.17) is 25.8 Å². The van der Waals surface area contributed by atoms with E-state index in [1.54, 1.807) is 73.7 Å². The summed E-state index contributed by atoms with van der Waals surface area (Å²) >= 11 is 5.98. The largest absolute Gasteiger partial charge is 0.481 e. The first kappa shape index (κ1) is 24.0. The third kappa shape index (κ3) is 6.04. The second kappa shape index (κ2) is 10.8. The van der Waals surface area contributed by atoms with Crippen molar-refractivity contribution in [3.05, 3.63) is 84.0 Å². The normalized spacial score (nSPS) is 11.5. The third-order valence-corrected chi connectivity index (χ3v) is 5.27. The number of benzene rings is 3. The minimum atomic E-state index is -0.857. The van der Waals surface area contributed by atoms with Crippen LogP contribution in [0.15, 0.2) is 79.0 Å². The number of para-hydroxylation sites is 1. The van der Waals surface area contributed by atoms with Gasteiger partial charge in [0.15, 0.2) is 6.10 Å². The molecule has 0 aliphatic heterocycles. The van der Waals surface area contributed by atoms with Crippen LogP contribution >= 0.6 is 11.6 Å². The molecule has 0 aliphatic rings. The molecule has 4 aromatic rings. The number of amides is 1. The molecule has 0 fully saturated rings. The van der Waals surface area contributed by atoms with Crippen LogP contribution in [0.25, 0.3) is 11.0 Å². The number of hydrogen-bond acceptors (Lipinski definition) is 7. The maximum atomic E-state index is 13.1. The molecule has 0 spiro atoms. The van der Waals surface area contributed by atoms with Gasteiger partial charge in [0.2, 0.25) is 5.88 Å². The Morgan fingerprint density at radius 1 is 0.971 bits per heavy atom. The summed E-state index contributed by atoms with van der Waals surface area (Å²) in [7, 11) is 1.28. The van der Waals surface area contributed by atoms with Crippen LogP contribution in [-0.4, -0.2) is 41.6 Å². The zero-order valence-electron chi connectivity index (χ0n) is 19.1. The van der Waals surface area contributed by atoms with Crippen LogP contribution in [0.2, 0.25) is 5.02 Å². The average molecular weight is 492 g/mol. The summed E-state index contributed by atoms with van der Waals surface area (Å²) in [5.74, 6) is 0.404. The molecule has 0 saturated heterocycles. The molecule has 0 radical (unpaired) electrons. The molecule has 35 heavy (non-hydrogen) atoms. The van der Waals surface area contributed by atoms with Crippen LogP contribution in [0.1, 0.15) is 6.92 Å². The van der Waals surface area contributed by atoms with Crippen LogP contribution in [0.5, 0.6) is 17.4 Å². The molecule has 4 rings (SSSR count). The monoisotopic (exact) mass is 491 g/mol. The minimum Gasteiger partial charge on any atom is -0.481 e. The van der Waals surface area contributed by atoms with E-state index in [9.17, 15) is 9.59 Å². The molecule has 1 atom stereocenters. The lowest BCUT2D eigenvalue weighted by molar-refractivity contribution is -0.140. The summed E-state index contributed by atoms with van der Waals surface area (Å²) in [6, 6.07) is 20.9. The molecule has 1 unspecified atom stereocenters. The average Bonchev–Trinajstić information content (AvgIpc) is 2.88. The molecule has 0 bridgehead atoms. The highest BCUT2D eigenvalue weighted by molar-refractivity contribution is 6.31. The lowest BCUT2D eigenvalue weighted by Gasteiger charge is -2.25. The van der Waals surface area contributed by atoms with Gasteiger partial charge in [-0.1, -0.05) is 29.8 Å². The molecule has 9 heteroatoms. The number of hydrogen-bond donors (Lipinski definition) is 0. The Balaban J connectivity index is 1.43. The van der Waals surface area contributed by atoms with E-state index < -0.39 is 12.1 Å². The Labute approximate surface area is 207 Å². The van der Waals surface area contributed by atoms with E-state index in [0.29, 0.717) is 39.1 Å². The van der Waals surface area contributed by atoms with Gasteiger partial charge in [-0.05, 0) is 61.5 Å². The number of esters is 1. The van der Waals surface area contributed by atoms with E-state index >= 15 is 0 Å². The zero-order chi connectivity index (χ0) is 24.8. The van der Waals surface area contributed by atoms with Crippen molar-refractivity contribution in [1.29, 1.82) is 0 Å². The molecule has 1 amide bonds. The first-order chi connectivity index (χ1) is 16.9. The second-order valence-corrected chi connectivity index (χ2v) is 7.95. The molecule has 0 N–H and O–H groups in total. The highest BCUT2D eigenvalue weighted by Crippen LogP contribution is 2.25. The Kier molecular flexibility index (Phi) is 7.42. The van der Waals surface area contributed by atoms with E-state index in [2.05, 4.69) is 9.97 Å². The minimum absolute atomic E-state index is 0.223. The van der Waals surface area contributed by atoms with Gasteiger partial charge in [-0.15, -0.1) is 0 Å². The van der Waals surface area contributed by atoms with Crippen LogP contribution in [0, 0.1) is 0 Å². The van der Waals surface area contributed by atoms with Crippen molar-refractivity contribution in [2.24, 2.45) is 0 Å². The van der Waals surface area contributed by atoms with Crippen molar-refractivity contribution in [1.82, 2.24) is 9.97 Å². The van der Waals surface area contributed by atoms with Gasteiger partial charge in [0.25, 0.3) is 5.91 Å². The van der Waals surface area contributed by atoms with Crippen LogP contribution < -0.4 is 14.4 Å². The molecular weight excluding hydrogens is 470 g/mol. The van der Waals surface area contributed by atoms with Crippen molar-refractivity contribution in [2.75, 3.05) is 18.6 Å². The van der Waals surface area contributed by atoms with Crippen LogP contribution in [-0.2, 0) is 14.3 Å². The van der Waals surface area contributed by atoms with E-state index in [-0.39, 0.29) is 12.5 Å². The first-order valence-electron chi connectivity index (χ1n) is 10.7. The van der Waals surface area contributed by atoms with Gasteiger partial charge in [-0.3, -0.25) is 14.5 Å². The summed E-state index contributed by atoms with van der Waals surface area (Å²) < 4.78 is 16.4. The number of carbonyl (C=O) groups excluding carboxylic acids is 2. The Morgan fingerprint density at radius 3 is 2.40 bits per heavy atom. The SMILES string of the molecule is COC(=O)CN(C(=O)C(C)Oc1ccc(Oc2cnc3cc(Cl)ccc3n2)cc1)c1ccccc1. The second-order valence-electron chi connectivity index (χ2n) is 7.51. The van der Waals surface area contributed by atoms with E-state index in [1.165, 1.54) is 18.2 Å². The summed E-state index contributed by atoms with van der Waals surface area (Å²) in [6.45, 7) is 1.40. The maximum absolute atomic E-state index is 13.1. The van der Waals surface area contributed by atoms with E-state index in [1.807, 2.05) is 6.07 Å². The summed E-state index contributed by atoms with van der Waals surface area (Å²) in [5.41, 5.74) is 1.90. The van der Waals surface area contributed by atoms with Crippen LogP contribution in [0.4, 0.5) is 5.69 Å². The van der Waals surface area contributed by atoms with Crippen molar-refractivity contribution in [2.45, 2.75) is 13.0 Å². The highest BCUT2D eigenvalue weighted by Gasteiger charge is 2.26. The fourth-order valence-electron chi connectivity index (χ4n) is 3.30. The third-order valence-electron chi connectivity index (χ3n) is 5.04. The summed E-state index contributed by atoms with van der Waals surface area (Å²) in [5, 5.41) is 0.584. The van der Waals surface area contributed by atoms with Gasteiger partial charge in [0, 0.05) is 10.7 Å². The number of halogens is 1. The lowest BCUT2D eigenvalue weighted by Crippen LogP contribution is -2.43. The number of carbonyl (C=O) groups is 2. The predicted octanol–water partition coefficient (Wildman–Crippen LogP) is 5.05. The number of fused-ring (bicyclic) bond motifs is 1. The van der Waals surface area contributed by atoms with Crippen molar-refractivity contribution < 1.29 is 23.8 Å². The number of anilines is 1. The van der Waals surface area contributed by atoms with Gasteiger partial charge in [0.1, 0.15) is 18.0 Å². The fraction of sp³-hybridized carbons (Fsp3) is 0.154. The maximum Gasteiger partial charge on any atom is 0.325 e. The van der Waals surface area contributed by atoms with Gasteiger partial charge < -0.3 is 14.2 Å².